The molecule has 2 fully saturated rings. The first-order valence-electron chi connectivity index (χ1n) is 10.6. The number of halogens is 5. The van der Waals surface area contributed by atoms with Gasteiger partial charge in [0.05, 0.1) is 30.5 Å². The first kappa shape index (κ1) is 22.5. The van der Waals surface area contributed by atoms with Gasteiger partial charge in [-0.2, -0.15) is 18.2 Å². The monoisotopic (exact) mass is 483 g/mol. The molecule has 34 heavy (non-hydrogen) atoms. The number of aromatic nitrogens is 4. The summed E-state index contributed by atoms with van der Waals surface area (Å²) < 4.78 is 73.8. The number of nitrogens with one attached hydrogen (secondary N) is 1. The highest BCUT2D eigenvalue weighted by molar-refractivity contribution is 5.56. The van der Waals surface area contributed by atoms with Gasteiger partial charge in [-0.1, -0.05) is 0 Å². The van der Waals surface area contributed by atoms with Crippen LogP contribution in [0.1, 0.15) is 6.99 Å². The van der Waals surface area contributed by atoms with Crippen molar-refractivity contribution in [1.29, 1.82) is 0 Å². The fraction of sp³-hybridized carbons (Fsp3) is 0.381. The molecule has 0 atom stereocenters. The summed E-state index contributed by atoms with van der Waals surface area (Å²) in [7, 11) is 0. The van der Waals surface area contributed by atoms with Crippen LogP contribution < -0.4 is 10.2 Å². The average molecular weight is 483 g/mol. The molecular formula is C21H22F5N7O. The molecule has 182 valence electrons. The zero-order valence-electron chi connectivity index (χ0n) is 17.8. The Labute approximate surface area is 192 Å². The van der Waals surface area contributed by atoms with E-state index in [1.54, 1.807) is 0 Å². The molecule has 1 aromatic carbocycles. The summed E-state index contributed by atoms with van der Waals surface area (Å²) in [5, 5.41) is 6.76. The lowest BCUT2D eigenvalue weighted by Gasteiger charge is -2.43. The summed E-state index contributed by atoms with van der Waals surface area (Å²) in [6, 6.07) is 5.45. The normalized spacial score (nSPS) is 17.6. The maximum Gasteiger partial charge on any atom is 0.416 e. The lowest BCUT2D eigenvalue weighted by Crippen LogP contribution is -2.56. The number of pyridine rings is 1. The molecule has 2 aromatic heterocycles. The molecule has 1 N–H and O–H groups in total. The van der Waals surface area contributed by atoms with Crippen LogP contribution in [0.3, 0.4) is 0 Å². The summed E-state index contributed by atoms with van der Waals surface area (Å²) in [5.41, 5.74) is -0.651. The molecule has 0 bridgehead atoms. The second-order valence-electron chi connectivity index (χ2n) is 8.05. The number of alkyl halides is 3. The van der Waals surface area contributed by atoms with Crippen molar-refractivity contribution in [2.45, 2.75) is 12.2 Å². The fourth-order valence-corrected chi connectivity index (χ4v) is 3.84. The molecule has 0 unspecified atom stereocenters. The van der Waals surface area contributed by atoms with Crippen molar-refractivity contribution in [3.05, 3.63) is 53.9 Å². The maximum absolute atomic E-state index is 13.6. The molecule has 0 spiro atoms. The third-order valence-electron chi connectivity index (χ3n) is 5.81. The van der Waals surface area contributed by atoms with E-state index in [0.29, 0.717) is 45.4 Å². The van der Waals surface area contributed by atoms with E-state index in [1.807, 2.05) is 4.90 Å². The second-order valence-corrected chi connectivity index (χ2v) is 8.05. The van der Waals surface area contributed by atoms with Gasteiger partial charge in [-0.15, -0.1) is 5.10 Å². The number of rotatable bonds is 5. The molecule has 4 heterocycles. The van der Waals surface area contributed by atoms with Gasteiger partial charge >= 0.3 is 6.18 Å². The molecule has 2 aliphatic rings. The van der Waals surface area contributed by atoms with Gasteiger partial charge in [-0.3, -0.25) is 4.90 Å². The summed E-state index contributed by atoms with van der Waals surface area (Å²) >= 11 is 0. The number of ether oxygens (including phenoxy) is 1. The van der Waals surface area contributed by atoms with E-state index in [9.17, 15) is 22.0 Å². The Morgan fingerprint density at radius 3 is 2.41 bits per heavy atom. The van der Waals surface area contributed by atoms with Crippen molar-refractivity contribution >= 4 is 17.6 Å². The van der Waals surface area contributed by atoms with Crippen molar-refractivity contribution in [1.82, 2.24) is 24.6 Å². The fourth-order valence-electron chi connectivity index (χ4n) is 3.84. The van der Waals surface area contributed by atoms with Gasteiger partial charge in [-0.25, -0.2) is 18.4 Å². The van der Waals surface area contributed by atoms with Crippen molar-refractivity contribution in [2.24, 2.45) is 0 Å². The second kappa shape index (κ2) is 8.80. The number of piperazine rings is 1. The molecular weight excluding hydrogens is 461 g/mol. The number of benzene rings is 1. The summed E-state index contributed by atoms with van der Waals surface area (Å²) in [4.78, 5) is 12.4. The Morgan fingerprint density at radius 2 is 1.76 bits per heavy atom. The highest BCUT2D eigenvalue weighted by Crippen LogP contribution is 2.34. The number of hydrogen-bond acceptors (Lipinski definition) is 7. The van der Waals surface area contributed by atoms with E-state index in [-0.39, 0.29) is 24.7 Å². The van der Waals surface area contributed by atoms with E-state index < -0.39 is 23.4 Å². The van der Waals surface area contributed by atoms with Crippen LogP contribution in [-0.2, 0) is 10.9 Å². The minimum absolute atomic E-state index is 0. The summed E-state index contributed by atoms with van der Waals surface area (Å²) in [6.07, 6.45) is -3.34. The van der Waals surface area contributed by atoms with Gasteiger partial charge in [0, 0.05) is 33.7 Å². The minimum atomic E-state index is -4.57. The van der Waals surface area contributed by atoms with E-state index in [2.05, 4.69) is 25.3 Å². The van der Waals surface area contributed by atoms with Gasteiger partial charge in [0.2, 0.25) is 5.95 Å². The number of hydrogen-bond donors (Lipinski definition) is 1. The lowest BCUT2D eigenvalue weighted by atomic mass is 10.1. The standard InChI is InChI=1S/C21H20F5N7O.H2/c22-16-2-1-14(9-17(16)23)33-12-27-20(30-33)29-18-7-13(21(24,25)26)8-19(28-18)32-5-3-31(4-6-32)15-10-34-11-15;/h1-2,7-9,12,15H,3-6,10-11H2,(H,28,29,30);1H. The number of nitrogens with zero attached hydrogens (tertiary/aromatic N) is 6. The first-order valence-corrected chi connectivity index (χ1v) is 10.6. The highest BCUT2D eigenvalue weighted by Gasteiger charge is 2.34. The minimum Gasteiger partial charge on any atom is -0.378 e. The average Bonchev–Trinajstić information content (AvgIpc) is 3.22. The van der Waals surface area contributed by atoms with Gasteiger partial charge < -0.3 is 15.0 Å². The zero-order valence-corrected chi connectivity index (χ0v) is 17.8. The molecule has 0 saturated carbocycles. The smallest absolute Gasteiger partial charge is 0.378 e. The van der Waals surface area contributed by atoms with Gasteiger partial charge in [0.25, 0.3) is 0 Å². The van der Waals surface area contributed by atoms with Crippen LogP contribution >= 0.6 is 0 Å². The molecule has 2 saturated heterocycles. The summed E-state index contributed by atoms with van der Waals surface area (Å²) in [6.45, 7) is 3.84. The van der Waals surface area contributed by atoms with Crippen LogP contribution in [0.5, 0.6) is 0 Å². The molecule has 5 rings (SSSR count). The molecule has 13 heteroatoms. The van der Waals surface area contributed by atoms with E-state index >= 15 is 0 Å². The van der Waals surface area contributed by atoms with Gasteiger partial charge in [0.1, 0.15) is 18.0 Å². The van der Waals surface area contributed by atoms with Gasteiger partial charge in [-0.05, 0) is 24.3 Å². The Hall–Kier alpha value is -3.32. The lowest BCUT2D eigenvalue weighted by molar-refractivity contribution is -0.137. The van der Waals surface area contributed by atoms with Crippen molar-refractivity contribution < 1.29 is 28.1 Å². The van der Waals surface area contributed by atoms with Crippen LogP contribution in [0.2, 0.25) is 0 Å². The van der Waals surface area contributed by atoms with Crippen molar-refractivity contribution in [3.8, 4) is 5.69 Å². The third-order valence-corrected chi connectivity index (χ3v) is 5.81. The molecule has 0 aliphatic carbocycles. The third kappa shape index (κ3) is 4.66. The van der Waals surface area contributed by atoms with E-state index in [4.69, 9.17) is 4.74 Å². The molecule has 3 aromatic rings. The Bertz CT molecular complexity index is 1180. The van der Waals surface area contributed by atoms with Crippen LogP contribution in [0, 0.1) is 11.6 Å². The van der Waals surface area contributed by atoms with Crippen LogP contribution in [0.25, 0.3) is 5.69 Å². The largest absolute Gasteiger partial charge is 0.416 e. The first-order chi connectivity index (χ1) is 16.3. The topological polar surface area (TPSA) is 71.3 Å². The van der Waals surface area contributed by atoms with E-state index in [1.165, 1.54) is 17.1 Å². The van der Waals surface area contributed by atoms with Crippen molar-refractivity contribution in [2.75, 3.05) is 49.6 Å². The Morgan fingerprint density at radius 1 is 1.00 bits per heavy atom. The Balaban J connectivity index is 0.00000289. The number of anilines is 3. The van der Waals surface area contributed by atoms with Crippen LogP contribution in [0.15, 0.2) is 36.7 Å². The quantitative estimate of drug-likeness (QED) is 0.558. The molecule has 0 amide bonds. The molecule has 8 nitrogen and oxygen atoms in total. The summed E-state index contributed by atoms with van der Waals surface area (Å²) in [5.74, 6) is -2.00. The maximum atomic E-state index is 13.6. The molecule has 0 radical (unpaired) electrons. The SMILES string of the molecule is Fc1ccc(-n2cnc(Nc3cc(C(F)(F)F)cc(N4CCN(C5COC5)CC4)n3)n2)cc1F.[HH]. The predicted molar refractivity (Wildman–Crippen MR) is 114 cm³/mol. The zero-order chi connectivity index (χ0) is 23.9. The predicted octanol–water partition coefficient (Wildman–Crippen LogP) is 3.47. The van der Waals surface area contributed by atoms with Crippen LogP contribution in [0.4, 0.5) is 39.5 Å². The van der Waals surface area contributed by atoms with E-state index in [0.717, 1.165) is 24.3 Å². The Kier molecular flexibility index (Phi) is 5.81. The highest BCUT2D eigenvalue weighted by atomic mass is 19.4. The molecule has 2 aliphatic heterocycles. The van der Waals surface area contributed by atoms with Crippen molar-refractivity contribution in [3.63, 3.8) is 0 Å². The van der Waals surface area contributed by atoms with Gasteiger partial charge in [0.15, 0.2) is 11.6 Å². The van der Waals surface area contributed by atoms with Crippen LogP contribution in [-0.4, -0.2) is 70.1 Å².